The summed E-state index contributed by atoms with van der Waals surface area (Å²) in [5.41, 5.74) is 6.50. The molecule has 1 heterocycles. The molecule has 0 amide bonds. The second-order valence-corrected chi connectivity index (χ2v) is 6.66. The van der Waals surface area contributed by atoms with Gasteiger partial charge in [-0.2, -0.15) is 0 Å². The van der Waals surface area contributed by atoms with Gasteiger partial charge >= 0.3 is 0 Å². The normalized spacial score (nSPS) is 11.2. The molecule has 0 aliphatic carbocycles. The van der Waals surface area contributed by atoms with Crippen LogP contribution in [0, 0.1) is 13.8 Å². The summed E-state index contributed by atoms with van der Waals surface area (Å²) in [7, 11) is 0. The zero-order valence-electron chi connectivity index (χ0n) is 14.8. The van der Waals surface area contributed by atoms with Crippen LogP contribution in [0.1, 0.15) is 16.7 Å². The van der Waals surface area contributed by atoms with E-state index in [9.17, 15) is 10.2 Å². The quantitative estimate of drug-likeness (QED) is 0.562. The van der Waals surface area contributed by atoms with E-state index in [0.717, 1.165) is 28.0 Å². The SMILES string of the molecule is Cc1cc2nc(-c3ccc(O)cc3)n(Cc3ccc(O)cc3)c2cc1C. The molecule has 130 valence electrons. The van der Waals surface area contributed by atoms with Gasteiger partial charge in [-0.05, 0) is 79.1 Å². The number of hydrogen-bond donors (Lipinski definition) is 2. The van der Waals surface area contributed by atoms with Crippen molar-refractivity contribution in [1.29, 1.82) is 0 Å². The maximum Gasteiger partial charge on any atom is 0.141 e. The second kappa shape index (κ2) is 6.23. The van der Waals surface area contributed by atoms with Gasteiger partial charge in [0.1, 0.15) is 17.3 Å². The van der Waals surface area contributed by atoms with Crippen LogP contribution in [0.15, 0.2) is 60.7 Å². The highest BCUT2D eigenvalue weighted by Gasteiger charge is 2.14. The van der Waals surface area contributed by atoms with Gasteiger partial charge in [0.15, 0.2) is 0 Å². The average Bonchev–Trinajstić information content (AvgIpc) is 2.95. The van der Waals surface area contributed by atoms with Crippen molar-refractivity contribution in [3.8, 4) is 22.9 Å². The van der Waals surface area contributed by atoms with E-state index in [1.54, 1.807) is 24.3 Å². The lowest BCUT2D eigenvalue weighted by molar-refractivity contribution is 0.474. The Balaban J connectivity index is 1.91. The van der Waals surface area contributed by atoms with E-state index in [1.807, 2.05) is 24.3 Å². The molecule has 4 aromatic rings. The Bertz CT molecular complexity index is 1080. The lowest BCUT2D eigenvalue weighted by Crippen LogP contribution is -2.02. The van der Waals surface area contributed by atoms with Gasteiger partial charge in [0.05, 0.1) is 11.0 Å². The van der Waals surface area contributed by atoms with E-state index in [1.165, 1.54) is 11.1 Å². The first-order chi connectivity index (χ1) is 12.5. The van der Waals surface area contributed by atoms with Crippen molar-refractivity contribution in [2.45, 2.75) is 20.4 Å². The molecule has 2 N–H and O–H groups in total. The lowest BCUT2D eigenvalue weighted by atomic mass is 10.1. The molecule has 0 radical (unpaired) electrons. The van der Waals surface area contributed by atoms with Crippen molar-refractivity contribution in [2.24, 2.45) is 0 Å². The van der Waals surface area contributed by atoms with Crippen molar-refractivity contribution >= 4 is 11.0 Å². The van der Waals surface area contributed by atoms with Crippen LogP contribution < -0.4 is 0 Å². The van der Waals surface area contributed by atoms with Crippen molar-refractivity contribution in [1.82, 2.24) is 9.55 Å². The van der Waals surface area contributed by atoms with Gasteiger partial charge in [-0.25, -0.2) is 4.98 Å². The fraction of sp³-hybridized carbons (Fsp3) is 0.136. The zero-order valence-corrected chi connectivity index (χ0v) is 14.8. The van der Waals surface area contributed by atoms with Gasteiger partial charge in [-0.3, -0.25) is 0 Å². The Labute approximate surface area is 152 Å². The fourth-order valence-electron chi connectivity index (χ4n) is 3.15. The number of rotatable bonds is 3. The predicted molar refractivity (Wildman–Crippen MR) is 104 cm³/mol. The molecule has 0 spiro atoms. The van der Waals surface area contributed by atoms with Crippen LogP contribution >= 0.6 is 0 Å². The molecule has 4 heteroatoms. The van der Waals surface area contributed by atoms with Gasteiger partial charge in [0.25, 0.3) is 0 Å². The van der Waals surface area contributed by atoms with Gasteiger partial charge < -0.3 is 14.8 Å². The first-order valence-electron chi connectivity index (χ1n) is 8.56. The molecule has 0 unspecified atom stereocenters. The molecule has 26 heavy (non-hydrogen) atoms. The number of phenols is 2. The highest BCUT2D eigenvalue weighted by molar-refractivity contribution is 5.82. The number of benzene rings is 3. The van der Waals surface area contributed by atoms with Gasteiger partial charge in [0, 0.05) is 12.1 Å². The molecular weight excluding hydrogens is 324 g/mol. The fourth-order valence-corrected chi connectivity index (χ4v) is 3.15. The number of imidazole rings is 1. The molecule has 0 aliphatic heterocycles. The second-order valence-electron chi connectivity index (χ2n) is 6.66. The highest BCUT2D eigenvalue weighted by Crippen LogP contribution is 2.29. The van der Waals surface area contributed by atoms with Crippen LogP contribution in [0.2, 0.25) is 0 Å². The minimum Gasteiger partial charge on any atom is -0.508 e. The van der Waals surface area contributed by atoms with E-state index >= 15 is 0 Å². The summed E-state index contributed by atoms with van der Waals surface area (Å²) in [6.45, 7) is 4.84. The predicted octanol–water partition coefficient (Wildman–Crippen LogP) is 4.78. The summed E-state index contributed by atoms with van der Waals surface area (Å²) >= 11 is 0. The first kappa shape index (κ1) is 16.2. The van der Waals surface area contributed by atoms with Crippen molar-refractivity contribution in [2.75, 3.05) is 0 Å². The van der Waals surface area contributed by atoms with Crippen molar-refractivity contribution in [3.05, 3.63) is 77.4 Å². The molecule has 4 rings (SSSR count). The third-order valence-electron chi connectivity index (χ3n) is 4.77. The Hall–Kier alpha value is -3.27. The molecule has 4 nitrogen and oxygen atoms in total. The van der Waals surface area contributed by atoms with Gasteiger partial charge in [-0.1, -0.05) is 12.1 Å². The molecular formula is C22H20N2O2. The topological polar surface area (TPSA) is 58.3 Å². The Morgan fingerprint density at radius 1 is 0.808 bits per heavy atom. The average molecular weight is 344 g/mol. The van der Waals surface area contributed by atoms with E-state index in [2.05, 4.69) is 30.5 Å². The highest BCUT2D eigenvalue weighted by atomic mass is 16.3. The van der Waals surface area contributed by atoms with Crippen molar-refractivity contribution in [3.63, 3.8) is 0 Å². The van der Waals surface area contributed by atoms with E-state index in [0.29, 0.717) is 6.54 Å². The van der Waals surface area contributed by atoms with Crippen molar-refractivity contribution < 1.29 is 10.2 Å². The monoisotopic (exact) mass is 344 g/mol. The maximum absolute atomic E-state index is 9.60. The van der Waals surface area contributed by atoms with Gasteiger partial charge in [-0.15, -0.1) is 0 Å². The Morgan fingerprint density at radius 3 is 2.04 bits per heavy atom. The number of hydrogen-bond acceptors (Lipinski definition) is 3. The first-order valence-corrected chi connectivity index (χ1v) is 8.56. The molecule has 1 aromatic heterocycles. The standard InChI is InChI=1S/C22H20N2O2/c1-14-11-20-21(12-15(14)2)24(13-16-3-7-18(25)8-4-16)22(23-20)17-5-9-19(26)10-6-17/h3-12,25-26H,13H2,1-2H3. The lowest BCUT2D eigenvalue weighted by Gasteiger charge is -2.11. The Kier molecular flexibility index (Phi) is 3.88. The summed E-state index contributed by atoms with van der Waals surface area (Å²) < 4.78 is 2.18. The number of nitrogens with zero attached hydrogens (tertiary/aromatic N) is 2. The smallest absolute Gasteiger partial charge is 0.141 e. The number of aromatic nitrogens is 2. The Morgan fingerprint density at radius 2 is 1.38 bits per heavy atom. The largest absolute Gasteiger partial charge is 0.508 e. The van der Waals surface area contributed by atoms with Gasteiger partial charge in [0.2, 0.25) is 0 Å². The number of aromatic hydroxyl groups is 2. The number of fused-ring (bicyclic) bond motifs is 1. The molecule has 0 aliphatic rings. The zero-order chi connectivity index (χ0) is 18.3. The van der Waals surface area contributed by atoms with Crippen LogP contribution in [0.5, 0.6) is 11.5 Å². The summed E-state index contributed by atoms with van der Waals surface area (Å²) in [4.78, 5) is 4.86. The maximum atomic E-state index is 9.60. The molecule has 0 saturated heterocycles. The third-order valence-corrected chi connectivity index (χ3v) is 4.77. The minimum atomic E-state index is 0.238. The molecule has 0 fully saturated rings. The van der Waals surface area contributed by atoms with Crippen LogP contribution in [0.25, 0.3) is 22.4 Å². The summed E-state index contributed by atoms with van der Waals surface area (Å²) in [6, 6.07) is 18.6. The van der Waals surface area contributed by atoms with Crippen LogP contribution in [-0.2, 0) is 6.54 Å². The summed E-state index contributed by atoms with van der Waals surface area (Å²) in [5.74, 6) is 1.36. The van der Waals surface area contributed by atoms with Crippen LogP contribution in [0.3, 0.4) is 0 Å². The number of aryl methyl sites for hydroxylation is 2. The molecule has 0 saturated carbocycles. The van der Waals surface area contributed by atoms with Crippen LogP contribution in [0.4, 0.5) is 0 Å². The summed E-state index contributed by atoms with van der Waals surface area (Å²) in [6.07, 6.45) is 0. The number of phenolic OH excluding ortho intramolecular Hbond substituents is 2. The third kappa shape index (κ3) is 2.90. The molecule has 0 atom stereocenters. The van der Waals surface area contributed by atoms with Crippen LogP contribution in [-0.4, -0.2) is 19.8 Å². The van der Waals surface area contributed by atoms with E-state index in [-0.39, 0.29) is 11.5 Å². The van der Waals surface area contributed by atoms with E-state index in [4.69, 9.17) is 4.98 Å². The molecule has 3 aromatic carbocycles. The summed E-state index contributed by atoms with van der Waals surface area (Å²) in [5, 5.41) is 19.1. The van der Waals surface area contributed by atoms with E-state index < -0.39 is 0 Å². The minimum absolute atomic E-state index is 0.238. The molecule has 0 bridgehead atoms.